The molecule has 0 aliphatic heterocycles. The number of nitrogens with one attached hydrogen (secondary N) is 2. The fourth-order valence-electron chi connectivity index (χ4n) is 2.04. The number of ether oxygens (including phenoxy) is 1. The van der Waals surface area contributed by atoms with E-state index in [0.29, 0.717) is 11.6 Å². The van der Waals surface area contributed by atoms with Gasteiger partial charge in [-0.15, -0.1) is 0 Å². The van der Waals surface area contributed by atoms with Crippen molar-refractivity contribution >= 4 is 23.4 Å². The van der Waals surface area contributed by atoms with Gasteiger partial charge in [0, 0.05) is 11.6 Å². The van der Waals surface area contributed by atoms with E-state index in [1.165, 1.54) is 0 Å². The Kier molecular flexibility index (Phi) is 6.63. The molecule has 0 bridgehead atoms. The number of hydrogen-bond donors (Lipinski definition) is 2. The monoisotopic (exact) mass is 346 g/mol. The highest BCUT2D eigenvalue weighted by Gasteiger charge is 2.07. The minimum Gasteiger partial charge on any atom is -0.497 e. The number of carbonyl (C=O) groups is 2. The second-order valence-corrected chi connectivity index (χ2v) is 5.64. The lowest BCUT2D eigenvalue weighted by molar-refractivity contribution is -0.125. The van der Waals surface area contributed by atoms with Crippen LogP contribution in [-0.4, -0.2) is 25.5 Å². The molecule has 0 radical (unpaired) electrons. The summed E-state index contributed by atoms with van der Waals surface area (Å²) in [5, 5.41) is 5.99. The lowest BCUT2D eigenvalue weighted by atomic mass is 10.1. The number of hydrogen-bond acceptors (Lipinski definition) is 3. The van der Waals surface area contributed by atoms with Gasteiger partial charge in [0.1, 0.15) is 5.75 Å². The molecule has 0 spiro atoms. The van der Waals surface area contributed by atoms with Gasteiger partial charge in [-0.1, -0.05) is 35.9 Å². The first kappa shape index (κ1) is 17.8. The molecule has 2 rings (SSSR count). The third kappa shape index (κ3) is 5.93. The number of carbonyl (C=O) groups excluding carboxylic acids is 2. The summed E-state index contributed by atoms with van der Waals surface area (Å²) in [6.07, 6.45) is 0.217. The van der Waals surface area contributed by atoms with Crippen LogP contribution in [0.5, 0.6) is 5.75 Å². The van der Waals surface area contributed by atoms with Crippen molar-refractivity contribution in [3.8, 4) is 5.75 Å². The zero-order chi connectivity index (χ0) is 17.4. The van der Waals surface area contributed by atoms with Gasteiger partial charge < -0.3 is 15.4 Å². The summed E-state index contributed by atoms with van der Waals surface area (Å²) in [6.45, 7) is 0.340. The minimum absolute atomic E-state index is 0.0530. The van der Waals surface area contributed by atoms with E-state index in [2.05, 4.69) is 10.6 Å². The fourth-order valence-corrected chi connectivity index (χ4v) is 2.16. The van der Waals surface area contributed by atoms with Gasteiger partial charge in [0.15, 0.2) is 0 Å². The predicted octanol–water partition coefficient (Wildman–Crippen LogP) is 2.32. The second-order valence-electron chi connectivity index (χ2n) is 5.20. The van der Waals surface area contributed by atoms with Crippen LogP contribution in [0.3, 0.4) is 0 Å². The summed E-state index contributed by atoms with van der Waals surface area (Å²) in [4.78, 5) is 23.6. The Balaban J connectivity index is 1.70. The molecule has 0 atom stereocenters. The van der Waals surface area contributed by atoms with E-state index in [9.17, 15) is 9.59 Å². The maximum atomic E-state index is 11.8. The normalized spacial score (nSPS) is 10.1. The first-order valence-electron chi connectivity index (χ1n) is 7.47. The number of benzene rings is 2. The Morgan fingerprint density at radius 2 is 1.54 bits per heavy atom. The smallest absolute Gasteiger partial charge is 0.239 e. The molecule has 0 fully saturated rings. The van der Waals surface area contributed by atoms with Crippen LogP contribution in [0.25, 0.3) is 0 Å². The molecular formula is C18H19ClN2O3. The quantitative estimate of drug-likeness (QED) is 0.808. The Bertz CT molecular complexity index is 684. The van der Waals surface area contributed by atoms with Crippen molar-refractivity contribution in [3.63, 3.8) is 0 Å². The third-order valence-corrected chi connectivity index (χ3v) is 3.62. The van der Waals surface area contributed by atoms with Crippen molar-refractivity contribution in [2.24, 2.45) is 0 Å². The molecule has 0 unspecified atom stereocenters. The molecule has 126 valence electrons. The first-order chi connectivity index (χ1) is 11.6. The molecule has 0 aliphatic rings. The molecule has 0 saturated carbocycles. The fraction of sp³-hybridized carbons (Fsp3) is 0.222. The van der Waals surface area contributed by atoms with Crippen molar-refractivity contribution in [1.82, 2.24) is 10.6 Å². The molecule has 0 aromatic heterocycles. The highest BCUT2D eigenvalue weighted by molar-refractivity contribution is 6.30. The highest BCUT2D eigenvalue weighted by Crippen LogP contribution is 2.11. The van der Waals surface area contributed by atoms with E-state index < -0.39 is 0 Å². The van der Waals surface area contributed by atoms with E-state index in [4.69, 9.17) is 16.3 Å². The van der Waals surface area contributed by atoms with Crippen LogP contribution in [0.15, 0.2) is 48.5 Å². The lowest BCUT2D eigenvalue weighted by Crippen LogP contribution is -2.37. The standard InChI is InChI=1S/C18H19ClN2O3/c1-24-16-8-4-13(5-9-16)10-17(22)21-12-18(23)20-11-14-2-6-15(19)7-3-14/h2-9H,10-12H2,1H3,(H,20,23)(H,21,22). The molecule has 0 heterocycles. The zero-order valence-corrected chi connectivity index (χ0v) is 14.1. The summed E-state index contributed by atoms with van der Waals surface area (Å²) in [5.74, 6) is 0.288. The van der Waals surface area contributed by atoms with Gasteiger partial charge in [-0.05, 0) is 35.4 Å². The summed E-state index contributed by atoms with van der Waals surface area (Å²) in [5.41, 5.74) is 1.80. The zero-order valence-electron chi connectivity index (χ0n) is 13.3. The predicted molar refractivity (Wildman–Crippen MR) is 93.0 cm³/mol. The number of rotatable bonds is 7. The summed E-state index contributed by atoms with van der Waals surface area (Å²) in [6, 6.07) is 14.4. The molecule has 0 saturated heterocycles. The van der Waals surface area contributed by atoms with Crippen LogP contribution in [-0.2, 0) is 22.6 Å². The minimum atomic E-state index is -0.243. The van der Waals surface area contributed by atoms with Crippen LogP contribution in [0.4, 0.5) is 0 Å². The van der Waals surface area contributed by atoms with Crippen LogP contribution in [0.2, 0.25) is 5.02 Å². The SMILES string of the molecule is COc1ccc(CC(=O)NCC(=O)NCc2ccc(Cl)cc2)cc1. The van der Waals surface area contributed by atoms with Gasteiger partial charge in [-0.2, -0.15) is 0 Å². The molecule has 24 heavy (non-hydrogen) atoms. The molecule has 5 nitrogen and oxygen atoms in total. The first-order valence-corrected chi connectivity index (χ1v) is 7.85. The van der Waals surface area contributed by atoms with Gasteiger partial charge in [0.25, 0.3) is 0 Å². The van der Waals surface area contributed by atoms with Crippen molar-refractivity contribution in [2.45, 2.75) is 13.0 Å². The third-order valence-electron chi connectivity index (χ3n) is 3.37. The summed E-state index contributed by atoms with van der Waals surface area (Å²) in [7, 11) is 1.59. The van der Waals surface area contributed by atoms with Gasteiger partial charge in [0.2, 0.25) is 11.8 Å². The van der Waals surface area contributed by atoms with E-state index in [1.54, 1.807) is 31.4 Å². The summed E-state index contributed by atoms with van der Waals surface area (Å²) < 4.78 is 5.06. The van der Waals surface area contributed by atoms with Crippen molar-refractivity contribution in [2.75, 3.05) is 13.7 Å². The number of halogens is 1. The average Bonchev–Trinajstić information content (AvgIpc) is 2.60. The molecule has 2 aromatic rings. The molecule has 2 aromatic carbocycles. The van der Waals surface area contributed by atoms with E-state index in [-0.39, 0.29) is 24.8 Å². The van der Waals surface area contributed by atoms with Gasteiger partial charge in [0.05, 0.1) is 20.1 Å². The van der Waals surface area contributed by atoms with Crippen molar-refractivity contribution in [1.29, 1.82) is 0 Å². The maximum absolute atomic E-state index is 11.8. The van der Waals surface area contributed by atoms with E-state index >= 15 is 0 Å². The van der Waals surface area contributed by atoms with Crippen LogP contribution in [0, 0.1) is 0 Å². The van der Waals surface area contributed by atoms with E-state index in [0.717, 1.165) is 16.9 Å². The largest absolute Gasteiger partial charge is 0.497 e. The number of methoxy groups -OCH3 is 1. The summed E-state index contributed by atoms with van der Waals surface area (Å²) >= 11 is 5.80. The maximum Gasteiger partial charge on any atom is 0.239 e. The van der Waals surface area contributed by atoms with Crippen LogP contribution < -0.4 is 15.4 Å². The highest BCUT2D eigenvalue weighted by atomic mass is 35.5. The molecule has 0 aliphatic carbocycles. The molecule has 6 heteroatoms. The topological polar surface area (TPSA) is 67.4 Å². The van der Waals surface area contributed by atoms with Gasteiger partial charge >= 0.3 is 0 Å². The Hall–Kier alpha value is -2.53. The Morgan fingerprint density at radius 1 is 0.917 bits per heavy atom. The Morgan fingerprint density at radius 3 is 2.17 bits per heavy atom. The lowest BCUT2D eigenvalue weighted by Gasteiger charge is -2.08. The Labute approximate surface area is 146 Å². The van der Waals surface area contributed by atoms with Crippen LogP contribution in [0.1, 0.15) is 11.1 Å². The van der Waals surface area contributed by atoms with Crippen molar-refractivity contribution in [3.05, 3.63) is 64.7 Å². The van der Waals surface area contributed by atoms with Crippen molar-refractivity contribution < 1.29 is 14.3 Å². The van der Waals surface area contributed by atoms with Gasteiger partial charge in [-0.25, -0.2) is 0 Å². The number of amides is 2. The van der Waals surface area contributed by atoms with Crippen LogP contribution >= 0.6 is 11.6 Å². The second kappa shape index (κ2) is 8.93. The molecule has 2 amide bonds. The molecule has 2 N–H and O–H groups in total. The average molecular weight is 347 g/mol. The van der Waals surface area contributed by atoms with E-state index in [1.807, 2.05) is 24.3 Å². The van der Waals surface area contributed by atoms with Gasteiger partial charge in [-0.3, -0.25) is 9.59 Å². The molecular weight excluding hydrogens is 328 g/mol.